The molecule has 0 atom stereocenters. The van der Waals surface area contributed by atoms with Gasteiger partial charge in [-0.2, -0.15) is 0 Å². The van der Waals surface area contributed by atoms with Crippen molar-refractivity contribution in [3.8, 4) is 0 Å². The van der Waals surface area contributed by atoms with Crippen molar-refractivity contribution in [3.63, 3.8) is 0 Å². The van der Waals surface area contributed by atoms with E-state index in [0.29, 0.717) is 5.06 Å². The molecule has 0 aliphatic carbocycles. The molecule has 0 aromatic rings. The summed E-state index contributed by atoms with van der Waals surface area (Å²) >= 11 is 0. The second-order valence-electron chi connectivity index (χ2n) is 5.71. The quantitative estimate of drug-likeness (QED) is 0.270. The number of hydrogen-bond acceptors (Lipinski definition) is 9. The van der Waals surface area contributed by atoms with Crippen LogP contribution in [-0.2, 0) is 43.0 Å². The van der Waals surface area contributed by atoms with Crippen LogP contribution in [0.2, 0.25) is 0 Å². The number of hydroxylamine groups is 2. The molecule has 152 valence electrons. The van der Waals surface area contributed by atoms with Crippen LogP contribution in [0.4, 0.5) is 0 Å². The molecule has 0 aromatic carbocycles. The molecule has 0 saturated carbocycles. The number of esters is 2. The second-order valence-corrected chi connectivity index (χ2v) is 5.71. The average Bonchev–Trinajstić information content (AvgIpc) is 2.97. The van der Waals surface area contributed by atoms with Gasteiger partial charge in [0.1, 0.15) is 19.3 Å². The lowest BCUT2D eigenvalue weighted by molar-refractivity contribution is -0.197. The first-order valence-electron chi connectivity index (χ1n) is 8.86. The highest BCUT2D eigenvalue weighted by Gasteiger charge is 2.32. The Morgan fingerprint density at radius 3 is 1.93 bits per heavy atom. The Labute approximate surface area is 157 Å². The van der Waals surface area contributed by atoms with Gasteiger partial charge in [-0.05, 0) is 6.42 Å². The standard InChI is InChI=1S/C17H25NO9/c1-3-15(21)25-10-12(11-26-16(22)4-2)24-9-5-6-17(23)27-18-13(19)7-8-14(18)20/h12H,3-11H2,1-2H3. The Balaban J connectivity index is 2.32. The molecule has 10 heteroatoms. The van der Waals surface area contributed by atoms with Crippen molar-refractivity contribution in [1.82, 2.24) is 5.06 Å². The highest BCUT2D eigenvalue weighted by molar-refractivity contribution is 6.01. The largest absolute Gasteiger partial charge is 0.463 e. The zero-order valence-electron chi connectivity index (χ0n) is 15.6. The van der Waals surface area contributed by atoms with E-state index in [4.69, 9.17) is 19.0 Å². The molecule has 1 fully saturated rings. The van der Waals surface area contributed by atoms with Crippen molar-refractivity contribution in [2.75, 3.05) is 19.8 Å². The lowest BCUT2D eigenvalue weighted by Crippen LogP contribution is -2.32. The second kappa shape index (κ2) is 12.0. The van der Waals surface area contributed by atoms with E-state index in [0.717, 1.165) is 0 Å². The van der Waals surface area contributed by atoms with Crippen molar-refractivity contribution >= 4 is 29.7 Å². The molecule has 10 nitrogen and oxygen atoms in total. The van der Waals surface area contributed by atoms with E-state index in [1.165, 1.54) is 0 Å². The van der Waals surface area contributed by atoms with Crippen LogP contribution >= 0.6 is 0 Å². The van der Waals surface area contributed by atoms with Gasteiger partial charge in [-0.25, -0.2) is 4.79 Å². The maximum Gasteiger partial charge on any atom is 0.333 e. The minimum Gasteiger partial charge on any atom is -0.463 e. The summed E-state index contributed by atoms with van der Waals surface area (Å²) in [5.41, 5.74) is 0. The molecule has 0 aromatic heterocycles. The molecule has 2 amide bonds. The van der Waals surface area contributed by atoms with Crippen molar-refractivity contribution in [2.24, 2.45) is 0 Å². The minimum absolute atomic E-state index is 0.0316. The number of carbonyl (C=O) groups is 5. The van der Waals surface area contributed by atoms with Gasteiger partial charge in [0, 0.05) is 32.3 Å². The van der Waals surface area contributed by atoms with Gasteiger partial charge in [-0.1, -0.05) is 13.8 Å². The van der Waals surface area contributed by atoms with Crippen molar-refractivity contribution in [2.45, 2.75) is 58.5 Å². The molecule has 1 aliphatic heterocycles. The first-order chi connectivity index (χ1) is 12.9. The number of ether oxygens (including phenoxy) is 3. The summed E-state index contributed by atoms with van der Waals surface area (Å²) in [5, 5.41) is 0.487. The van der Waals surface area contributed by atoms with Crippen LogP contribution in [0, 0.1) is 0 Å². The highest BCUT2D eigenvalue weighted by atomic mass is 16.7. The molecule has 1 aliphatic rings. The molecule has 0 spiro atoms. The lowest BCUT2D eigenvalue weighted by Gasteiger charge is -2.18. The first-order valence-corrected chi connectivity index (χ1v) is 8.86. The maximum atomic E-state index is 11.7. The zero-order valence-corrected chi connectivity index (χ0v) is 15.6. The average molecular weight is 387 g/mol. The highest BCUT2D eigenvalue weighted by Crippen LogP contribution is 2.13. The van der Waals surface area contributed by atoms with Crippen LogP contribution in [0.15, 0.2) is 0 Å². The van der Waals surface area contributed by atoms with Crippen molar-refractivity contribution in [3.05, 3.63) is 0 Å². The smallest absolute Gasteiger partial charge is 0.333 e. The molecule has 0 N–H and O–H groups in total. The van der Waals surface area contributed by atoms with Crippen LogP contribution in [-0.4, -0.2) is 60.7 Å². The third-order valence-corrected chi connectivity index (χ3v) is 3.52. The Hall–Kier alpha value is -2.49. The van der Waals surface area contributed by atoms with Gasteiger partial charge in [0.25, 0.3) is 11.8 Å². The van der Waals surface area contributed by atoms with E-state index in [1.807, 2.05) is 0 Å². The third kappa shape index (κ3) is 8.63. The molecule has 1 saturated heterocycles. The van der Waals surface area contributed by atoms with Crippen LogP contribution in [0.25, 0.3) is 0 Å². The van der Waals surface area contributed by atoms with Crippen LogP contribution in [0.3, 0.4) is 0 Å². The summed E-state index contributed by atoms with van der Waals surface area (Å²) in [6, 6.07) is 0. The molecule has 1 rings (SSSR count). The van der Waals surface area contributed by atoms with Gasteiger partial charge in [0.2, 0.25) is 0 Å². The van der Waals surface area contributed by atoms with E-state index in [1.54, 1.807) is 13.8 Å². The summed E-state index contributed by atoms with van der Waals surface area (Å²) in [6.07, 6.45) is -0.00726. The van der Waals surface area contributed by atoms with Crippen LogP contribution in [0.5, 0.6) is 0 Å². The van der Waals surface area contributed by atoms with Gasteiger partial charge in [-0.15, -0.1) is 5.06 Å². The number of hydrogen-bond donors (Lipinski definition) is 0. The molecule has 27 heavy (non-hydrogen) atoms. The summed E-state index contributed by atoms with van der Waals surface area (Å²) < 4.78 is 15.4. The monoisotopic (exact) mass is 387 g/mol. The number of amides is 2. The van der Waals surface area contributed by atoms with Crippen molar-refractivity contribution < 1.29 is 43.0 Å². The van der Waals surface area contributed by atoms with Crippen molar-refractivity contribution in [1.29, 1.82) is 0 Å². The van der Waals surface area contributed by atoms with Gasteiger partial charge >= 0.3 is 17.9 Å². The molecular weight excluding hydrogens is 362 g/mol. The molecule has 0 unspecified atom stereocenters. The Morgan fingerprint density at radius 2 is 1.44 bits per heavy atom. The molecule has 1 heterocycles. The van der Waals surface area contributed by atoms with Crippen LogP contribution < -0.4 is 0 Å². The fourth-order valence-electron chi connectivity index (χ4n) is 1.99. The van der Waals surface area contributed by atoms with Crippen LogP contribution in [0.1, 0.15) is 52.4 Å². The van der Waals surface area contributed by atoms with E-state index in [2.05, 4.69) is 0 Å². The first kappa shape index (κ1) is 22.6. The van der Waals surface area contributed by atoms with Gasteiger partial charge < -0.3 is 19.0 Å². The number of imide groups is 1. The Morgan fingerprint density at radius 1 is 0.926 bits per heavy atom. The van der Waals surface area contributed by atoms with Gasteiger partial charge in [0.05, 0.1) is 6.42 Å². The maximum absolute atomic E-state index is 11.7. The van der Waals surface area contributed by atoms with E-state index >= 15 is 0 Å². The number of carbonyl (C=O) groups excluding carboxylic acids is 5. The van der Waals surface area contributed by atoms with E-state index < -0.39 is 35.8 Å². The molecular formula is C17H25NO9. The summed E-state index contributed by atoms with van der Waals surface area (Å²) in [7, 11) is 0. The molecule has 0 bridgehead atoms. The number of rotatable bonds is 12. The van der Waals surface area contributed by atoms with E-state index in [9.17, 15) is 24.0 Å². The number of nitrogens with zero attached hydrogens (tertiary/aromatic N) is 1. The fraction of sp³-hybridized carbons (Fsp3) is 0.706. The summed E-state index contributed by atoms with van der Waals surface area (Å²) in [5.74, 6) is -2.63. The lowest BCUT2D eigenvalue weighted by atomic mass is 10.3. The van der Waals surface area contributed by atoms with Gasteiger partial charge in [-0.3, -0.25) is 19.2 Å². The Bertz CT molecular complexity index is 525. The summed E-state index contributed by atoms with van der Waals surface area (Å²) in [4.78, 5) is 61.6. The predicted octanol–water partition coefficient (Wildman–Crippen LogP) is 0.665. The van der Waals surface area contributed by atoms with E-state index in [-0.39, 0.29) is 58.3 Å². The summed E-state index contributed by atoms with van der Waals surface area (Å²) in [6.45, 7) is 3.25. The Kier molecular flexibility index (Phi) is 10.0. The predicted molar refractivity (Wildman–Crippen MR) is 88.7 cm³/mol. The molecule has 0 radical (unpaired) electrons. The minimum atomic E-state index is -0.728. The fourth-order valence-corrected chi connectivity index (χ4v) is 1.99. The normalized spacial score (nSPS) is 13.8. The SMILES string of the molecule is CCC(=O)OCC(COC(=O)CC)OCCCC(=O)ON1C(=O)CCC1=O. The third-order valence-electron chi connectivity index (χ3n) is 3.52. The zero-order chi connectivity index (χ0) is 20.2. The van der Waals surface area contributed by atoms with Gasteiger partial charge in [0.15, 0.2) is 0 Å². The topological polar surface area (TPSA) is 126 Å².